The maximum atomic E-state index is 9.01. The van der Waals surface area contributed by atoms with Gasteiger partial charge in [-0.3, -0.25) is 0 Å². The van der Waals surface area contributed by atoms with Crippen LogP contribution in [-0.2, 0) is 0 Å². The maximum Gasteiger partial charge on any atom is 0.101 e. The Balaban J connectivity index is 2.86. The lowest BCUT2D eigenvalue weighted by Crippen LogP contribution is -2.21. The standard InChI is InChI=1S/C12H15BrN2S/c1-3-11(8-16-2)15-12-6-10(13)5-4-9(12)7-14/h4-6,11,15H,3,8H2,1-2H3. The van der Waals surface area contributed by atoms with Crippen molar-refractivity contribution in [3.63, 3.8) is 0 Å². The first-order valence-electron chi connectivity index (χ1n) is 5.16. The Morgan fingerprint density at radius 2 is 2.31 bits per heavy atom. The van der Waals surface area contributed by atoms with Crippen molar-refractivity contribution in [1.29, 1.82) is 5.26 Å². The summed E-state index contributed by atoms with van der Waals surface area (Å²) in [6.45, 7) is 2.15. The third kappa shape index (κ3) is 3.73. The molecular weight excluding hydrogens is 284 g/mol. The van der Waals surface area contributed by atoms with Gasteiger partial charge in [-0.15, -0.1) is 0 Å². The monoisotopic (exact) mass is 298 g/mol. The number of halogens is 1. The highest BCUT2D eigenvalue weighted by Gasteiger charge is 2.08. The van der Waals surface area contributed by atoms with Crippen molar-refractivity contribution in [2.75, 3.05) is 17.3 Å². The summed E-state index contributed by atoms with van der Waals surface area (Å²) in [5, 5.41) is 12.4. The van der Waals surface area contributed by atoms with Crippen LogP contribution in [0.5, 0.6) is 0 Å². The number of hydrogen-bond donors (Lipinski definition) is 1. The Bertz CT molecular complexity index is 387. The third-order valence-electron chi connectivity index (χ3n) is 2.32. The minimum Gasteiger partial charge on any atom is -0.380 e. The second-order valence-corrected chi connectivity index (χ2v) is 5.33. The summed E-state index contributed by atoms with van der Waals surface area (Å²) in [5.74, 6) is 1.05. The van der Waals surface area contributed by atoms with E-state index in [9.17, 15) is 0 Å². The zero-order valence-corrected chi connectivity index (χ0v) is 11.9. The average molecular weight is 299 g/mol. The van der Waals surface area contributed by atoms with E-state index >= 15 is 0 Å². The zero-order valence-electron chi connectivity index (χ0n) is 9.46. The Kier molecular flexibility index (Phi) is 5.72. The highest BCUT2D eigenvalue weighted by molar-refractivity contribution is 9.10. The van der Waals surface area contributed by atoms with Gasteiger partial charge in [0.15, 0.2) is 0 Å². The van der Waals surface area contributed by atoms with Gasteiger partial charge in [0, 0.05) is 16.3 Å². The van der Waals surface area contributed by atoms with E-state index in [2.05, 4.69) is 40.5 Å². The summed E-state index contributed by atoms with van der Waals surface area (Å²) in [5.41, 5.74) is 1.61. The molecule has 0 aliphatic rings. The van der Waals surface area contributed by atoms with Crippen LogP contribution in [0.2, 0.25) is 0 Å². The zero-order chi connectivity index (χ0) is 12.0. The van der Waals surface area contributed by atoms with Crippen molar-refractivity contribution in [3.8, 4) is 6.07 Å². The predicted octanol–water partition coefficient (Wildman–Crippen LogP) is 3.87. The quantitative estimate of drug-likeness (QED) is 0.896. The second kappa shape index (κ2) is 6.82. The molecule has 86 valence electrons. The SMILES string of the molecule is CCC(CSC)Nc1cc(Br)ccc1C#N. The van der Waals surface area contributed by atoms with Gasteiger partial charge >= 0.3 is 0 Å². The molecule has 0 heterocycles. The van der Waals surface area contributed by atoms with Crippen molar-refractivity contribution in [2.45, 2.75) is 19.4 Å². The molecule has 1 atom stereocenters. The van der Waals surface area contributed by atoms with Crippen LogP contribution in [0, 0.1) is 11.3 Å². The number of thioether (sulfide) groups is 1. The summed E-state index contributed by atoms with van der Waals surface area (Å²) >= 11 is 5.24. The molecule has 2 nitrogen and oxygen atoms in total. The topological polar surface area (TPSA) is 35.8 Å². The number of hydrogen-bond acceptors (Lipinski definition) is 3. The average Bonchev–Trinajstić information content (AvgIpc) is 2.29. The van der Waals surface area contributed by atoms with Crippen LogP contribution in [-0.4, -0.2) is 18.1 Å². The molecule has 1 unspecified atom stereocenters. The molecular formula is C12H15BrN2S. The number of nitrogens with one attached hydrogen (secondary N) is 1. The summed E-state index contributed by atoms with van der Waals surface area (Å²) in [7, 11) is 0. The van der Waals surface area contributed by atoms with Gasteiger partial charge in [-0.1, -0.05) is 22.9 Å². The lowest BCUT2D eigenvalue weighted by molar-refractivity contribution is 0.774. The highest BCUT2D eigenvalue weighted by Crippen LogP contribution is 2.22. The molecule has 16 heavy (non-hydrogen) atoms. The first kappa shape index (κ1) is 13.4. The fourth-order valence-electron chi connectivity index (χ4n) is 1.42. The van der Waals surface area contributed by atoms with E-state index in [0.29, 0.717) is 11.6 Å². The van der Waals surface area contributed by atoms with E-state index in [1.165, 1.54) is 0 Å². The molecule has 4 heteroatoms. The maximum absolute atomic E-state index is 9.01. The van der Waals surface area contributed by atoms with Gasteiger partial charge in [0.25, 0.3) is 0 Å². The van der Waals surface area contributed by atoms with E-state index in [-0.39, 0.29) is 0 Å². The molecule has 0 aliphatic heterocycles. The number of nitriles is 1. The summed E-state index contributed by atoms with van der Waals surface area (Å²) in [6, 6.07) is 8.30. The molecule has 0 spiro atoms. The first-order chi connectivity index (χ1) is 7.71. The van der Waals surface area contributed by atoms with Crippen molar-refractivity contribution < 1.29 is 0 Å². The highest BCUT2D eigenvalue weighted by atomic mass is 79.9. The number of anilines is 1. The van der Waals surface area contributed by atoms with Gasteiger partial charge in [0.05, 0.1) is 11.3 Å². The van der Waals surface area contributed by atoms with Crippen LogP contribution in [0.25, 0.3) is 0 Å². The number of rotatable bonds is 5. The molecule has 0 fully saturated rings. The minimum atomic E-state index is 0.413. The van der Waals surface area contributed by atoms with Crippen LogP contribution in [0.15, 0.2) is 22.7 Å². The molecule has 0 saturated carbocycles. The largest absolute Gasteiger partial charge is 0.380 e. The minimum absolute atomic E-state index is 0.413. The fraction of sp³-hybridized carbons (Fsp3) is 0.417. The van der Waals surface area contributed by atoms with Crippen LogP contribution < -0.4 is 5.32 Å². The molecule has 1 N–H and O–H groups in total. The van der Waals surface area contributed by atoms with Gasteiger partial charge in [0.1, 0.15) is 6.07 Å². The summed E-state index contributed by atoms with van der Waals surface area (Å²) in [4.78, 5) is 0. The van der Waals surface area contributed by atoms with E-state index in [1.807, 2.05) is 30.0 Å². The molecule has 1 aromatic carbocycles. The smallest absolute Gasteiger partial charge is 0.101 e. The fourth-order valence-corrected chi connectivity index (χ4v) is 2.50. The lowest BCUT2D eigenvalue weighted by Gasteiger charge is -2.18. The van der Waals surface area contributed by atoms with Gasteiger partial charge in [0.2, 0.25) is 0 Å². The Labute approximate surface area is 110 Å². The summed E-state index contributed by atoms with van der Waals surface area (Å²) in [6.07, 6.45) is 3.15. The van der Waals surface area contributed by atoms with Gasteiger partial charge in [-0.2, -0.15) is 17.0 Å². The molecule has 0 aliphatic carbocycles. The van der Waals surface area contributed by atoms with E-state index in [4.69, 9.17) is 5.26 Å². The Hall–Kier alpha value is -0.660. The Morgan fingerprint density at radius 1 is 1.56 bits per heavy atom. The first-order valence-corrected chi connectivity index (χ1v) is 7.35. The van der Waals surface area contributed by atoms with E-state index in [1.54, 1.807) is 0 Å². The van der Waals surface area contributed by atoms with E-state index in [0.717, 1.165) is 22.3 Å². The predicted molar refractivity (Wildman–Crippen MR) is 74.9 cm³/mol. The molecule has 0 saturated heterocycles. The van der Waals surface area contributed by atoms with Crippen LogP contribution in [0.1, 0.15) is 18.9 Å². The molecule has 0 aromatic heterocycles. The van der Waals surface area contributed by atoms with Gasteiger partial charge < -0.3 is 5.32 Å². The third-order valence-corrected chi connectivity index (χ3v) is 3.55. The van der Waals surface area contributed by atoms with Crippen molar-refractivity contribution in [3.05, 3.63) is 28.2 Å². The van der Waals surface area contributed by atoms with Crippen LogP contribution in [0.4, 0.5) is 5.69 Å². The van der Waals surface area contributed by atoms with Crippen molar-refractivity contribution in [1.82, 2.24) is 0 Å². The lowest BCUT2D eigenvalue weighted by atomic mass is 10.1. The number of nitrogens with zero attached hydrogens (tertiary/aromatic N) is 1. The normalized spacial score (nSPS) is 11.9. The molecule has 1 aromatic rings. The second-order valence-electron chi connectivity index (χ2n) is 3.51. The molecule has 0 bridgehead atoms. The van der Waals surface area contributed by atoms with Gasteiger partial charge in [-0.05, 0) is 30.9 Å². The number of benzene rings is 1. The molecule has 1 rings (SSSR count). The van der Waals surface area contributed by atoms with Crippen LogP contribution in [0.3, 0.4) is 0 Å². The van der Waals surface area contributed by atoms with Crippen molar-refractivity contribution in [2.24, 2.45) is 0 Å². The van der Waals surface area contributed by atoms with Crippen molar-refractivity contribution >= 4 is 33.4 Å². The van der Waals surface area contributed by atoms with E-state index < -0.39 is 0 Å². The van der Waals surface area contributed by atoms with Gasteiger partial charge in [-0.25, -0.2) is 0 Å². The molecule has 0 amide bonds. The Morgan fingerprint density at radius 3 is 2.88 bits per heavy atom. The summed E-state index contributed by atoms with van der Waals surface area (Å²) < 4.78 is 0.994. The molecule has 0 radical (unpaired) electrons. The van der Waals surface area contributed by atoms with Crippen LogP contribution >= 0.6 is 27.7 Å².